The third-order valence-corrected chi connectivity index (χ3v) is 2.19. The van der Waals surface area contributed by atoms with Gasteiger partial charge in [0.05, 0.1) is 24.4 Å². The summed E-state index contributed by atoms with van der Waals surface area (Å²) in [6.45, 7) is -0.497. The summed E-state index contributed by atoms with van der Waals surface area (Å²) in [4.78, 5) is 0. The standard InChI is InChI=1S/C10H11ClF3NO2/c1-16-7-2-3-8(11)9(6-7)15-4-5-17-10(12,13)14/h2-3,6,15H,4-5H2,1H3. The first-order valence-electron chi connectivity index (χ1n) is 4.70. The first-order chi connectivity index (χ1) is 7.92. The molecule has 0 amide bonds. The molecule has 0 fully saturated rings. The smallest absolute Gasteiger partial charge is 0.497 e. The molecule has 1 aromatic carbocycles. The largest absolute Gasteiger partial charge is 0.522 e. The Kier molecular flexibility index (Phi) is 4.89. The van der Waals surface area contributed by atoms with Crippen molar-refractivity contribution in [1.82, 2.24) is 0 Å². The van der Waals surface area contributed by atoms with Crippen LogP contribution in [0.1, 0.15) is 0 Å². The monoisotopic (exact) mass is 269 g/mol. The molecule has 0 radical (unpaired) electrons. The van der Waals surface area contributed by atoms with Gasteiger partial charge >= 0.3 is 6.36 Å². The lowest BCUT2D eigenvalue weighted by molar-refractivity contribution is -0.322. The van der Waals surface area contributed by atoms with Gasteiger partial charge in [-0.1, -0.05) is 11.6 Å². The number of methoxy groups -OCH3 is 1. The van der Waals surface area contributed by atoms with Gasteiger partial charge in [0.1, 0.15) is 5.75 Å². The normalized spacial score (nSPS) is 11.4. The number of hydrogen-bond donors (Lipinski definition) is 1. The van der Waals surface area contributed by atoms with E-state index < -0.39 is 13.0 Å². The molecule has 0 aliphatic carbocycles. The van der Waals surface area contributed by atoms with Crippen molar-refractivity contribution in [3.63, 3.8) is 0 Å². The summed E-state index contributed by atoms with van der Waals surface area (Å²) in [5.74, 6) is 0.564. The van der Waals surface area contributed by atoms with Gasteiger partial charge in [0.15, 0.2) is 0 Å². The lowest BCUT2D eigenvalue weighted by atomic mass is 10.3. The summed E-state index contributed by atoms with van der Waals surface area (Å²) in [6.07, 6.45) is -4.61. The van der Waals surface area contributed by atoms with Crippen molar-refractivity contribution >= 4 is 17.3 Å². The molecule has 1 rings (SSSR count). The van der Waals surface area contributed by atoms with Crippen molar-refractivity contribution in [2.45, 2.75) is 6.36 Å². The van der Waals surface area contributed by atoms with Crippen LogP contribution in [0.25, 0.3) is 0 Å². The molecule has 7 heteroatoms. The third-order valence-electron chi connectivity index (χ3n) is 1.86. The van der Waals surface area contributed by atoms with E-state index in [9.17, 15) is 13.2 Å². The molecule has 0 saturated heterocycles. The summed E-state index contributed by atoms with van der Waals surface area (Å²) < 4.78 is 43.6. The highest BCUT2D eigenvalue weighted by Gasteiger charge is 2.28. The molecule has 0 aromatic heterocycles. The van der Waals surface area contributed by atoms with Crippen LogP contribution < -0.4 is 10.1 Å². The van der Waals surface area contributed by atoms with Crippen LogP contribution in [0, 0.1) is 0 Å². The second-order valence-electron chi connectivity index (χ2n) is 3.07. The van der Waals surface area contributed by atoms with Gasteiger partial charge in [-0.25, -0.2) is 0 Å². The van der Waals surface area contributed by atoms with Crippen LogP contribution in [0.15, 0.2) is 18.2 Å². The topological polar surface area (TPSA) is 30.5 Å². The van der Waals surface area contributed by atoms with Crippen molar-refractivity contribution in [3.05, 3.63) is 23.2 Å². The molecule has 0 unspecified atom stereocenters. The van der Waals surface area contributed by atoms with Gasteiger partial charge in [0, 0.05) is 12.6 Å². The van der Waals surface area contributed by atoms with Crippen molar-refractivity contribution in [3.8, 4) is 5.75 Å². The summed E-state index contributed by atoms with van der Waals surface area (Å²) >= 11 is 5.84. The van der Waals surface area contributed by atoms with Crippen LogP contribution in [0.2, 0.25) is 5.02 Å². The fraction of sp³-hybridized carbons (Fsp3) is 0.400. The lowest BCUT2D eigenvalue weighted by Crippen LogP contribution is -2.19. The SMILES string of the molecule is COc1ccc(Cl)c(NCCOC(F)(F)F)c1. The average Bonchev–Trinajstić information content (AvgIpc) is 2.25. The van der Waals surface area contributed by atoms with E-state index in [-0.39, 0.29) is 6.54 Å². The zero-order valence-electron chi connectivity index (χ0n) is 8.97. The Morgan fingerprint density at radius 1 is 1.35 bits per heavy atom. The predicted octanol–water partition coefficient (Wildman–Crippen LogP) is 3.30. The van der Waals surface area contributed by atoms with Gasteiger partial charge in [-0.3, -0.25) is 4.74 Å². The van der Waals surface area contributed by atoms with Gasteiger partial charge in [-0.05, 0) is 12.1 Å². The van der Waals surface area contributed by atoms with E-state index in [1.807, 2.05) is 0 Å². The summed E-state index contributed by atoms with van der Waals surface area (Å²) in [5.41, 5.74) is 0.497. The highest BCUT2D eigenvalue weighted by atomic mass is 35.5. The summed E-state index contributed by atoms with van der Waals surface area (Å²) in [6, 6.07) is 4.84. The van der Waals surface area contributed by atoms with Gasteiger partial charge in [-0.2, -0.15) is 0 Å². The number of benzene rings is 1. The van der Waals surface area contributed by atoms with E-state index in [1.165, 1.54) is 7.11 Å². The lowest BCUT2D eigenvalue weighted by Gasteiger charge is -2.11. The Hall–Kier alpha value is -1.14. The molecule has 0 spiro atoms. The van der Waals surface area contributed by atoms with Crippen LogP contribution in [0.4, 0.5) is 18.9 Å². The Labute approximate surface area is 101 Å². The van der Waals surface area contributed by atoms with Gasteiger partial charge in [0.2, 0.25) is 0 Å². The predicted molar refractivity (Wildman–Crippen MR) is 58.5 cm³/mol. The minimum atomic E-state index is -4.61. The van der Waals surface area contributed by atoms with Crippen LogP contribution in [0.5, 0.6) is 5.75 Å². The fourth-order valence-corrected chi connectivity index (χ4v) is 1.30. The van der Waals surface area contributed by atoms with E-state index in [0.717, 1.165) is 0 Å². The highest BCUT2D eigenvalue weighted by Crippen LogP contribution is 2.26. The molecule has 0 heterocycles. The number of anilines is 1. The molecule has 0 aliphatic heterocycles. The first-order valence-corrected chi connectivity index (χ1v) is 5.08. The second-order valence-corrected chi connectivity index (χ2v) is 3.47. The molecule has 1 aromatic rings. The number of alkyl halides is 3. The average molecular weight is 270 g/mol. The zero-order valence-corrected chi connectivity index (χ0v) is 9.73. The van der Waals surface area contributed by atoms with E-state index >= 15 is 0 Å². The maximum atomic E-state index is 11.7. The van der Waals surface area contributed by atoms with E-state index in [1.54, 1.807) is 18.2 Å². The van der Waals surface area contributed by atoms with Crippen molar-refractivity contribution in [2.75, 3.05) is 25.6 Å². The van der Waals surface area contributed by atoms with Crippen molar-refractivity contribution < 1.29 is 22.6 Å². The van der Waals surface area contributed by atoms with Crippen LogP contribution in [-0.4, -0.2) is 26.6 Å². The molecule has 17 heavy (non-hydrogen) atoms. The molecule has 0 saturated carbocycles. The maximum Gasteiger partial charge on any atom is 0.522 e. The number of nitrogens with one attached hydrogen (secondary N) is 1. The third kappa shape index (κ3) is 5.14. The Morgan fingerprint density at radius 3 is 2.65 bits per heavy atom. The quantitative estimate of drug-likeness (QED) is 0.832. The first kappa shape index (κ1) is 13.9. The molecular weight excluding hydrogens is 259 g/mol. The number of ether oxygens (including phenoxy) is 2. The number of rotatable bonds is 5. The molecule has 1 N–H and O–H groups in total. The summed E-state index contributed by atoms with van der Waals surface area (Å²) in [7, 11) is 1.49. The number of hydrogen-bond acceptors (Lipinski definition) is 3. The summed E-state index contributed by atoms with van der Waals surface area (Å²) in [5, 5.41) is 3.12. The molecule has 0 bridgehead atoms. The van der Waals surface area contributed by atoms with E-state index in [4.69, 9.17) is 16.3 Å². The number of halogens is 4. The van der Waals surface area contributed by atoms with Gasteiger partial charge in [-0.15, -0.1) is 13.2 Å². The minimum absolute atomic E-state index is 0.00754. The fourth-order valence-electron chi connectivity index (χ4n) is 1.12. The second kappa shape index (κ2) is 5.97. The molecule has 3 nitrogen and oxygen atoms in total. The van der Waals surface area contributed by atoms with E-state index in [2.05, 4.69) is 10.1 Å². The van der Waals surface area contributed by atoms with Crippen LogP contribution in [-0.2, 0) is 4.74 Å². The van der Waals surface area contributed by atoms with Crippen molar-refractivity contribution in [1.29, 1.82) is 0 Å². The molecule has 0 aliphatic rings. The van der Waals surface area contributed by atoms with Crippen LogP contribution in [0.3, 0.4) is 0 Å². The zero-order chi connectivity index (χ0) is 12.9. The van der Waals surface area contributed by atoms with E-state index in [0.29, 0.717) is 16.5 Å². The molecule has 0 atom stereocenters. The van der Waals surface area contributed by atoms with Gasteiger partial charge in [0.25, 0.3) is 0 Å². The Morgan fingerprint density at radius 2 is 2.06 bits per heavy atom. The highest BCUT2D eigenvalue weighted by molar-refractivity contribution is 6.33. The Bertz CT molecular complexity index is 371. The molecule has 96 valence electrons. The maximum absolute atomic E-state index is 11.7. The van der Waals surface area contributed by atoms with Crippen LogP contribution >= 0.6 is 11.6 Å². The molecular formula is C10H11ClF3NO2. The Balaban J connectivity index is 2.46. The van der Waals surface area contributed by atoms with Gasteiger partial charge < -0.3 is 10.1 Å². The van der Waals surface area contributed by atoms with Crippen molar-refractivity contribution in [2.24, 2.45) is 0 Å². The minimum Gasteiger partial charge on any atom is -0.497 e.